The maximum Gasteiger partial charge on any atom is 0.276 e. The largest absolute Gasteiger partial charge is 0.410 e. The van der Waals surface area contributed by atoms with Gasteiger partial charge in [0.05, 0.1) is 23.7 Å². The average molecular weight is 397 g/mol. The molecule has 0 amide bonds. The maximum atomic E-state index is 10.1. The van der Waals surface area contributed by atoms with Gasteiger partial charge < -0.3 is 14.3 Å². The van der Waals surface area contributed by atoms with E-state index in [2.05, 4.69) is 10.2 Å². The van der Waals surface area contributed by atoms with E-state index >= 15 is 0 Å². The van der Waals surface area contributed by atoms with Crippen LogP contribution in [-0.4, -0.2) is 33.8 Å². The molecule has 0 saturated heterocycles. The second kappa shape index (κ2) is 8.82. The van der Waals surface area contributed by atoms with Crippen molar-refractivity contribution < 1.29 is 14.3 Å². The van der Waals surface area contributed by atoms with Gasteiger partial charge in [0.15, 0.2) is 0 Å². The predicted octanol–water partition coefficient (Wildman–Crippen LogP) is 4.68. The van der Waals surface area contributed by atoms with Crippen LogP contribution in [0.2, 0.25) is 5.02 Å². The topological polar surface area (TPSA) is 68.4 Å². The minimum Gasteiger partial charge on any atom is -0.410 e. The number of aliphatic hydroxyl groups is 1. The van der Waals surface area contributed by atoms with Crippen LogP contribution >= 0.6 is 34.7 Å². The second-order valence-electron chi connectivity index (χ2n) is 5.34. The molecule has 132 valence electrons. The molecule has 0 saturated carbocycles. The highest BCUT2D eigenvalue weighted by molar-refractivity contribution is 7.99. The van der Waals surface area contributed by atoms with Gasteiger partial charge in [0.2, 0.25) is 0 Å². The summed E-state index contributed by atoms with van der Waals surface area (Å²) in [6.07, 6.45) is -0.748. The molecule has 0 aliphatic heterocycles. The summed E-state index contributed by atoms with van der Waals surface area (Å²) in [7, 11) is 0. The summed E-state index contributed by atoms with van der Waals surface area (Å²) in [5.41, 5.74) is 1.02. The van der Waals surface area contributed by atoms with Gasteiger partial charge in [-0.3, -0.25) is 0 Å². The van der Waals surface area contributed by atoms with Gasteiger partial charge in [0, 0.05) is 10.8 Å². The molecule has 0 radical (unpaired) electrons. The normalized spacial score (nSPS) is 13.7. The van der Waals surface area contributed by atoms with Gasteiger partial charge in [-0.25, -0.2) is 0 Å². The third-order valence-electron chi connectivity index (χ3n) is 3.42. The van der Waals surface area contributed by atoms with Crippen molar-refractivity contribution in [1.82, 2.24) is 10.2 Å². The molecule has 0 bridgehead atoms. The molecule has 2 aromatic heterocycles. The highest BCUT2D eigenvalue weighted by Crippen LogP contribution is 2.27. The van der Waals surface area contributed by atoms with Crippen LogP contribution in [0.4, 0.5) is 0 Å². The summed E-state index contributed by atoms with van der Waals surface area (Å²) in [6.45, 7) is 2.16. The number of ether oxygens (including phenoxy) is 1. The first-order chi connectivity index (χ1) is 12.1. The standard InChI is InChI=1S/C17H17ClN2O3S2/c1-11(12-4-6-13(18)7-5-12)22-9-14(21)10-25-17-20-19-16(23-17)15-3-2-8-24-15/h2-8,11,14,21H,9-10H2,1H3/t11-,14-/m0/s1. The molecule has 2 atom stereocenters. The fourth-order valence-corrected chi connectivity index (χ4v) is 3.51. The molecule has 5 nitrogen and oxygen atoms in total. The van der Waals surface area contributed by atoms with E-state index in [4.69, 9.17) is 20.8 Å². The summed E-state index contributed by atoms with van der Waals surface area (Å²) in [6, 6.07) is 11.3. The molecule has 8 heteroatoms. The highest BCUT2D eigenvalue weighted by atomic mass is 35.5. The van der Waals surface area contributed by atoms with Crippen molar-refractivity contribution in [2.24, 2.45) is 0 Å². The molecule has 0 unspecified atom stereocenters. The summed E-state index contributed by atoms with van der Waals surface area (Å²) < 4.78 is 11.3. The number of hydrogen-bond acceptors (Lipinski definition) is 7. The smallest absolute Gasteiger partial charge is 0.276 e. The zero-order valence-electron chi connectivity index (χ0n) is 13.5. The molecule has 0 aliphatic carbocycles. The molecule has 0 spiro atoms. The molecular formula is C17H17ClN2O3S2. The SMILES string of the molecule is C[C@H](OC[C@H](O)CSc1nnc(-c2cccs2)o1)c1ccc(Cl)cc1. The number of halogens is 1. The van der Waals surface area contributed by atoms with Crippen LogP contribution in [0.15, 0.2) is 51.4 Å². The van der Waals surface area contributed by atoms with E-state index in [0.717, 1.165) is 10.4 Å². The minimum absolute atomic E-state index is 0.120. The Kier molecular flexibility index (Phi) is 6.50. The number of aromatic nitrogens is 2. The first-order valence-corrected chi connectivity index (χ1v) is 9.91. The Morgan fingerprint density at radius 3 is 2.80 bits per heavy atom. The minimum atomic E-state index is -0.628. The maximum absolute atomic E-state index is 10.1. The fraction of sp³-hybridized carbons (Fsp3) is 0.294. The third-order valence-corrected chi connectivity index (χ3v) is 5.49. The number of nitrogens with zero attached hydrogens (tertiary/aromatic N) is 2. The van der Waals surface area contributed by atoms with E-state index < -0.39 is 6.10 Å². The van der Waals surface area contributed by atoms with Crippen LogP contribution in [0, 0.1) is 0 Å². The van der Waals surface area contributed by atoms with Crippen LogP contribution in [0.5, 0.6) is 0 Å². The van der Waals surface area contributed by atoms with Gasteiger partial charge in [-0.1, -0.05) is 41.6 Å². The lowest BCUT2D eigenvalue weighted by atomic mass is 10.1. The molecule has 25 heavy (non-hydrogen) atoms. The molecule has 3 aromatic rings. The Morgan fingerprint density at radius 2 is 2.08 bits per heavy atom. The molecule has 0 aliphatic rings. The van der Waals surface area contributed by atoms with Crippen molar-refractivity contribution in [2.75, 3.05) is 12.4 Å². The van der Waals surface area contributed by atoms with Crippen molar-refractivity contribution in [3.05, 3.63) is 52.4 Å². The lowest BCUT2D eigenvalue weighted by Crippen LogP contribution is -2.19. The Labute approximate surface area is 159 Å². The van der Waals surface area contributed by atoms with Crippen LogP contribution in [0.25, 0.3) is 10.8 Å². The Morgan fingerprint density at radius 1 is 1.28 bits per heavy atom. The van der Waals surface area contributed by atoms with Gasteiger partial charge in [-0.05, 0) is 36.1 Å². The zero-order chi connectivity index (χ0) is 17.6. The van der Waals surface area contributed by atoms with Crippen LogP contribution in [-0.2, 0) is 4.74 Å². The second-order valence-corrected chi connectivity index (χ2v) is 7.70. The van der Waals surface area contributed by atoms with Crippen molar-refractivity contribution >= 4 is 34.7 Å². The summed E-state index contributed by atoms with van der Waals surface area (Å²) in [4.78, 5) is 0.931. The molecule has 0 fully saturated rings. The van der Waals surface area contributed by atoms with Crippen LogP contribution in [0.3, 0.4) is 0 Å². The van der Waals surface area contributed by atoms with E-state index in [1.807, 2.05) is 48.7 Å². The van der Waals surface area contributed by atoms with E-state index in [-0.39, 0.29) is 12.7 Å². The molecule has 1 aromatic carbocycles. The predicted molar refractivity (Wildman–Crippen MR) is 100 cm³/mol. The highest BCUT2D eigenvalue weighted by Gasteiger charge is 2.14. The number of benzene rings is 1. The Hall–Kier alpha value is -1.38. The number of thiophene rings is 1. The first kappa shape index (κ1) is 18.4. The van der Waals surface area contributed by atoms with Crippen LogP contribution in [0.1, 0.15) is 18.6 Å². The zero-order valence-corrected chi connectivity index (χ0v) is 15.9. The quantitative estimate of drug-likeness (QED) is 0.557. The van der Waals surface area contributed by atoms with E-state index in [1.165, 1.54) is 11.8 Å². The average Bonchev–Trinajstić information content (AvgIpc) is 3.29. The van der Waals surface area contributed by atoms with Crippen molar-refractivity contribution in [3.8, 4) is 10.8 Å². The Balaban J connectivity index is 1.43. The van der Waals surface area contributed by atoms with Gasteiger partial charge in [-0.15, -0.1) is 21.5 Å². The van der Waals surface area contributed by atoms with Crippen molar-refractivity contribution in [2.45, 2.75) is 24.4 Å². The number of thioether (sulfide) groups is 1. The third kappa shape index (κ3) is 5.29. The monoisotopic (exact) mass is 396 g/mol. The van der Waals surface area contributed by atoms with E-state index in [9.17, 15) is 5.11 Å². The number of hydrogen-bond donors (Lipinski definition) is 1. The van der Waals surface area contributed by atoms with Crippen LogP contribution < -0.4 is 0 Å². The molecule has 1 N–H and O–H groups in total. The fourth-order valence-electron chi connectivity index (χ4n) is 2.07. The lowest BCUT2D eigenvalue weighted by molar-refractivity contribution is 0.00618. The van der Waals surface area contributed by atoms with Crippen molar-refractivity contribution in [1.29, 1.82) is 0 Å². The molecule has 2 heterocycles. The van der Waals surface area contributed by atoms with Gasteiger partial charge >= 0.3 is 0 Å². The molecule has 3 rings (SSSR count). The Bertz CT molecular complexity index is 778. The summed E-state index contributed by atoms with van der Waals surface area (Å²) >= 11 is 8.73. The number of rotatable bonds is 8. The summed E-state index contributed by atoms with van der Waals surface area (Å²) in [5, 5.41) is 21.2. The first-order valence-electron chi connectivity index (χ1n) is 7.67. The summed E-state index contributed by atoms with van der Waals surface area (Å²) in [5.74, 6) is 0.916. The van der Waals surface area contributed by atoms with Crippen molar-refractivity contribution in [3.63, 3.8) is 0 Å². The molecular weight excluding hydrogens is 380 g/mol. The van der Waals surface area contributed by atoms with Gasteiger partial charge in [-0.2, -0.15) is 0 Å². The van der Waals surface area contributed by atoms with E-state index in [1.54, 1.807) is 11.3 Å². The van der Waals surface area contributed by atoms with Gasteiger partial charge in [0.1, 0.15) is 0 Å². The van der Waals surface area contributed by atoms with Gasteiger partial charge in [0.25, 0.3) is 11.1 Å². The number of aliphatic hydroxyl groups excluding tert-OH is 1. The van der Waals surface area contributed by atoms with E-state index in [0.29, 0.717) is 21.9 Å². The lowest BCUT2D eigenvalue weighted by Gasteiger charge is -2.16.